The first-order valence-electron chi connectivity index (χ1n) is 7.81. The van der Waals surface area contributed by atoms with Crippen molar-refractivity contribution in [2.75, 3.05) is 18.5 Å². The largest absolute Gasteiger partial charge is 0.484 e. The highest BCUT2D eigenvalue weighted by atomic mass is 32.1. The van der Waals surface area contributed by atoms with E-state index in [4.69, 9.17) is 4.74 Å². The van der Waals surface area contributed by atoms with Gasteiger partial charge in [-0.2, -0.15) is 0 Å². The monoisotopic (exact) mass is 368 g/mol. The minimum Gasteiger partial charge on any atom is -0.484 e. The van der Waals surface area contributed by atoms with Crippen LogP contribution < -0.4 is 15.4 Å². The topological polar surface area (TPSA) is 93.2 Å². The average Bonchev–Trinajstić information content (AvgIpc) is 3.15. The molecule has 3 rings (SSSR count). The number of nitrogens with one attached hydrogen (secondary N) is 2. The maximum Gasteiger partial charge on any atom is 0.258 e. The highest BCUT2D eigenvalue weighted by Gasteiger charge is 2.10. The fourth-order valence-corrected chi connectivity index (χ4v) is 2.78. The van der Waals surface area contributed by atoms with Gasteiger partial charge in [0.25, 0.3) is 5.91 Å². The molecule has 0 atom stereocenters. The second kappa shape index (κ2) is 8.72. The van der Waals surface area contributed by atoms with Gasteiger partial charge < -0.3 is 15.4 Å². The van der Waals surface area contributed by atoms with Crippen LogP contribution in [0.1, 0.15) is 0 Å². The second-order valence-electron chi connectivity index (χ2n) is 5.20. The van der Waals surface area contributed by atoms with Gasteiger partial charge in [-0.1, -0.05) is 18.2 Å². The standard InChI is InChI=1S/C18H16N4O3S/c23-16(10-20-17(24)11-25-14-4-2-1-3-5-14)22-18-21-15(12-26-18)13-6-8-19-9-7-13/h1-9,12H,10-11H2,(H,20,24)(H,21,22,23). The number of pyridine rings is 1. The number of thiazole rings is 1. The van der Waals surface area contributed by atoms with Crippen molar-refractivity contribution in [1.82, 2.24) is 15.3 Å². The molecule has 0 unspecified atom stereocenters. The van der Waals surface area contributed by atoms with Gasteiger partial charge in [0, 0.05) is 23.3 Å². The van der Waals surface area contributed by atoms with Crippen LogP contribution in [0.2, 0.25) is 0 Å². The molecule has 0 bridgehead atoms. The predicted molar refractivity (Wildman–Crippen MR) is 98.9 cm³/mol. The van der Waals surface area contributed by atoms with Crippen molar-refractivity contribution in [3.63, 3.8) is 0 Å². The molecule has 0 radical (unpaired) electrons. The molecule has 2 N–H and O–H groups in total. The van der Waals surface area contributed by atoms with E-state index < -0.39 is 0 Å². The maximum atomic E-state index is 11.9. The third-order valence-electron chi connectivity index (χ3n) is 3.29. The number of carbonyl (C=O) groups excluding carboxylic acids is 2. The lowest BCUT2D eigenvalue weighted by molar-refractivity contribution is -0.125. The number of carbonyl (C=O) groups is 2. The van der Waals surface area contributed by atoms with Crippen molar-refractivity contribution in [2.45, 2.75) is 0 Å². The number of aromatic nitrogens is 2. The Kier molecular flexibility index (Phi) is 5.89. The summed E-state index contributed by atoms with van der Waals surface area (Å²) in [5, 5.41) is 7.48. The van der Waals surface area contributed by atoms with E-state index in [-0.39, 0.29) is 25.0 Å². The summed E-state index contributed by atoms with van der Waals surface area (Å²) in [6.45, 7) is -0.304. The Labute approximate surface area is 154 Å². The summed E-state index contributed by atoms with van der Waals surface area (Å²) in [5.41, 5.74) is 1.68. The van der Waals surface area contributed by atoms with Crippen LogP contribution >= 0.6 is 11.3 Å². The molecule has 132 valence electrons. The zero-order valence-corrected chi connectivity index (χ0v) is 14.5. The van der Waals surface area contributed by atoms with Gasteiger partial charge in [0.05, 0.1) is 12.2 Å². The van der Waals surface area contributed by atoms with Crippen LogP contribution in [-0.4, -0.2) is 34.9 Å². The molecule has 0 aliphatic rings. The minimum absolute atomic E-state index is 0.152. The lowest BCUT2D eigenvalue weighted by Gasteiger charge is -2.07. The normalized spacial score (nSPS) is 10.2. The van der Waals surface area contributed by atoms with E-state index in [9.17, 15) is 9.59 Å². The lowest BCUT2D eigenvalue weighted by Crippen LogP contribution is -2.35. The first-order valence-corrected chi connectivity index (χ1v) is 8.69. The molecule has 8 heteroatoms. The molecular weight excluding hydrogens is 352 g/mol. The van der Waals surface area contributed by atoms with E-state index in [1.54, 1.807) is 24.5 Å². The highest BCUT2D eigenvalue weighted by Crippen LogP contribution is 2.24. The summed E-state index contributed by atoms with van der Waals surface area (Å²) < 4.78 is 5.31. The van der Waals surface area contributed by atoms with Gasteiger partial charge >= 0.3 is 0 Å². The molecule has 7 nitrogen and oxygen atoms in total. The van der Waals surface area contributed by atoms with E-state index in [2.05, 4.69) is 20.6 Å². The number of hydrogen-bond acceptors (Lipinski definition) is 6. The van der Waals surface area contributed by atoms with Gasteiger partial charge in [0.15, 0.2) is 11.7 Å². The van der Waals surface area contributed by atoms with Crippen LogP contribution in [0.4, 0.5) is 5.13 Å². The highest BCUT2D eigenvalue weighted by molar-refractivity contribution is 7.14. The maximum absolute atomic E-state index is 11.9. The molecule has 0 saturated carbocycles. The number of rotatable bonds is 7. The van der Waals surface area contributed by atoms with E-state index in [1.165, 1.54) is 11.3 Å². The molecule has 2 aromatic heterocycles. The molecule has 3 aromatic rings. The number of anilines is 1. The summed E-state index contributed by atoms with van der Waals surface area (Å²) in [5.74, 6) is -0.132. The molecule has 0 saturated heterocycles. The Hall–Kier alpha value is -3.26. The summed E-state index contributed by atoms with van der Waals surface area (Å²) in [6.07, 6.45) is 3.36. The van der Waals surface area contributed by atoms with Gasteiger partial charge in [-0.05, 0) is 24.3 Å². The van der Waals surface area contributed by atoms with Crippen molar-refractivity contribution < 1.29 is 14.3 Å². The number of benzene rings is 1. The van der Waals surface area contributed by atoms with Crippen LogP contribution in [0.5, 0.6) is 5.75 Å². The smallest absolute Gasteiger partial charge is 0.258 e. The molecule has 2 heterocycles. The third-order valence-corrected chi connectivity index (χ3v) is 4.04. The van der Waals surface area contributed by atoms with Gasteiger partial charge in [-0.3, -0.25) is 14.6 Å². The van der Waals surface area contributed by atoms with E-state index in [1.807, 2.05) is 35.7 Å². The van der Waals surface area contributed by atoms with Crippen LogP contribution in [-0.2, 0) is 9.59 Å². The Morgan fingerprint density at radius 3 is 2.58 bits per heavy atom. The van der Waals surface area contributed by atoms with Crippen LogP contribution in [0.25, 0.3) is 11.3 Å². The number of ether oxygens (including phenoxy) is 1. The number of nitrogens with zero attached hydrogens (tertiary/aromatic N) is 2. The van der Waals surface area contributed by atoms with Gasteiger partial charge in [0.1, 0.15) is 5.75 Å². The molecule has 0 spiro atoms. The number of para-hydroxylation sites is 1. The summed E-state index contributed by atoms with van der Waals surface area (Å²) in [7, 11) is 0. The first-order chi connectivity index (χ1) is 12.7. The van der Waals surface area contributed by atoms with Crippen molar-refractivity contribution in [3.05, 3.63) is 60.2 Å². The van der Waals surface area contributed by atoms with E-state index in [0.29, 0.717) is 10.9 Å². The molecule has 0 aliphatic carbocycles. The van der Waals surface area contributed by atoms with Gasteiger partial charge in [0.2, 0.25) is 5.91 Å². The molecular formula is C18H16N4O3S. The van der Waals surface area contributed by atoms with Gasteiger partial charge in [-0.15, -0.1) is 11.3 Å². The van der Waals surface area contributed by atoms with E-state index >= 15 is 0 Å². The quantitative estimate of drug-likeness (QED) is 0.668. The SMILES string of the molecule is O=C(COc1ccccc1)NCC(=O)Nc1nc(-c2ccncc2)cs1. The summed E-state index contributed by atoms with van der Waals surface area (Å²) >= 11 is 1.31. The van der Waals surface area contributed by atoms with Crippen LogP contribution in [0.3, 0.4) is 0 Å². The predicted octanol–water partition coefficient (Wildman–Crippen LogP) is 2.34. The molecule has 26 heavy (non-hydrogen) atoms. The summed E-state index contributed by atoms with van der Waals surface area (Å²) in [4.78, 5) is 32.0. The Morgan fingerprint density at radius 2 is 1.81 bits per heavy atom. The number of amides is 2. The fraction of sp³-hybridized carbons (Fsp3) is 0.111. The molecule has 0 aliphatic heterocycles. The van der Waals surface area contributed by atoms with E-state index in [0.717, 1.165) is 11.3 Å². The molecule has 2 amide bonds. The second-order valence-corrected chi connectivity index (χ2v) is 6.06. The third kappa shape index (κ3) is 5.12. The lowest BCUT2D eigenvalue weighted by atomic mass is 10.2. The van der Waals surface area contributed by atoms with Crippen LogP contribution in [0, 0.1) is 0 Å². The zero-order valence-electron chi connectivity index (χ0n) is 13.7. The van der Waals surface area contributed by atoms with Crippen molar-refractivity contribution >= 4 is 28.3 Å². The zero-order chi connectivity index (χ0) is 18.2. The summed E-state index contributed by atoms with van der Waals surface area (Å²) in [6, 6.07) is 12.7. The number of hydrogen-bond donors (Lipinski definition) is 2. The van der Waals surface area contributed by atoms with Crippen LogP contribution in [0.15, 0.2) is 60.2 Å². The Balaban J connectivity index is 1.43. The van der Waals surface area contributed by atoms with Crippen molar-refractivity contribution in [2.24, 2.45) is 0 Å². The van der Waals surface area contributed by atoms with Gasteiger partial charge in [-0.25, -0.2) is 4.98 Å². The Bertz CT molecular complexity index is 868. The minimum atomic E-state index is -0.374. The van der Waals surface area contributed by atoms with Crippen molar-refractivity contribution in [3.8, 4) is 17.0 Å². The molecule has 0 fully saturated rings. The first kappa shape index (κ1) is 17.6. The average molecular weight is 368 g/mol. The molecule has 1 aromatic carbocycles. The Morgan fingerprint density at radius 1 is 1.04 bits per heavy atom. The van der Waals surface area contributed by atoms with Crippen molar-refractivity contribution in [1.29, 1.82) is 0 Å². The fourth-order valence-electron chi connectivity index (χ4n) is 2.05.